The van der Waals surface area contributed by atoms with E-state index in [9.17, 15) is 0 Å². The van der Waals surface area contributed by atoms with Gasteiger partial charge < -0.3 is 0 Å². The Morgan fingerprint density at radius 3 is 2.63 bits per heavy atom. The average Bonchev–Trinajstić information content (AvgIpc) is 3.19. The van der Waals surface area contributed by atoms with Crippen molar-refractivity contribution in [3.05, 3.63) is 83.9 Å². The zero-order valence-electron chi connectivity index (χ0n) is 14.9. The zero-order chi connectivity index (χ0) is 18.5. The first-order chi connectivity index (χ1) is 13.3. The molecule has 0 aliphatic heterocycles. The number of hydrogen-bond acceptors (Lipinski definition) is 5. The van der Waals surface area contributed by atoms with Crippen LogP contribution in [0.5, 0.6) is 0 Å². The number of aromatic nitrogens is 3. The number of nitrogens with zero attached hydrogens (tertiary/aromatic N) is 3. The number of H-pyrrole nitrogens is 1. The molecule has 1 aromatic heterocycles. The van der Waals surface area contributed by atoms with Gasteiger partial charge in [0, 0.05) is 5.75 Å². The average molecular weight is 373 g/mol. The van der Waals surface area contributed by atoms with Crippen molar-refractivity contribution in [2.45, 2.75) is 17.8 Å². The van der Waals surface area contributed by atoms with Crippen molar-refractivity contribution >= 4 is 34.2 Å². The van der Waals surface area contributed by atoms with Gasteiger partial charge in [0.15, 0.2) is 0 Å². The maximum absolute atomic E-state index is 4.43. The summed E-state index contributed by atoms with van der Waals surface area (Å²) in [5.74, 6) is 1.36. The molecule has 0 radical (unpaired) electrons. The van der Waals surface area contributed by atoms with Crippen molar-refractivity contribution in [3.63, 3.8) is 0 Å². The molecule has 0 saturated heterocycles. The molecule has 5 nitrogen and oxygen atoms in total. The van der Waals surface area contributed by atoms with Crippen molar-refractivity contribution in [1.82, 2.24) is 15.2 Å². The molecular formula is C21H19N5S. The minimum absolute atomic E-state index is 0.533. The van der Waals surface area contributed by atoms with E-state index in [1.807, 2.05) is 37.3 Å². The summed E-state index contributed by atoms with van der Waals surface area (Å²) in [7, 11) is 0. The van der Waals surface area contributed by atoms with E-state index in [4.69, 9.17) is 0 Å². The Kier molecular flexibility index (Phi) is 5.16. The lowest BCUT2D eigenvalue weighted by molar-refractivity contribution is 0.972. The normalized spacial score (nSPS) is 11.7. The van der Waals surface area contributed by atoms with E-state index in [0.717, 1.165) is 17.0 Å². The second-order valence-corrected chi connectivity index (χ2v) is 7.05. The first-order valence-electron chi connectivity index (χ1n) is 8.66. The van der Waals surface area contributed by atoms with Crippen LogP contribution in [0.3, 0.4) is 0 Å². The largest absolute Gasteiger partial charge is 0.245 e. The molecule has 0 atom stereocenters. The Labute approximate surface area is 161 Å². The van der Waals surface area contributed by atoms with E-state index >= 15 is 0 Å². The number of hydrazone groups is 1. The van der Waals surface area contributed by atoms with Gasteiger partial charge in [-0.05, 0) is 34.9 Å². The summed E-state index contributed by atoms with van der Waals surface area (Å²) in [5, 5.41) is 14.6. The molecule has 6 heteroatoms. The van der Waals surface area contributed by atoms with Gasteiger partial charge in [0.25, 0.3) is 0 Å². The van der Waals surface area contributed by atoms with Crippen LogP contribution in [-0.4, -0.2) is 20.9 Å². The molecule has 0 saturated carbocycles. The highest BCUT2D eigenvalue weighted by molar-refractivity contribution is 7.98. The fraction of sp³-hybridized carbons (Fsp3) is 0.0952. The molecule has 2 N–H and O–H groups in total. The van der Waals surface area contributed by atoms with E-state index in [2.05, 4.69) is 68.2 Å². The first kappa shape index (κ1) is 17.3. The number of fused-ring (bicyclic) bond motifs is 1. The van der Waals surface area contributed by atoms with Crippen LogP contribution in [0.1, 0.15) is 18.1 Å². The van der Waals surface area contributed by atoms with E-state index in [1.165, 1.54) is 16.3 Å². The number of anilines is 1. The van der Waals surface area contributed by atoms with Gasteiger partial charge in [-0.3, -0.25) is 0 Å². The molecule has 27 heavy (non-hydrogen) atoms. The van der Waals surface area contributed by atoms with Crippen LogP contribution in [0.15, 0.2) is 83.1 Å². The second kappa shape index (κ2) is 8.05. The second-order valence-electron chi connectivity index (χ2n) is 6.11. The molecule has 0 spiro atoms. The third-order valence-electron chi connectivity index (χ3n) is 4.17. The molecule has 134 valence electrons. The standard InChI is InChI=1S/C21H19N5S/c1-15(18-12-11-17-9-5-6-10-19(17)13-18)23-24-20-22-21(26-25-20)27-14-16-7-3-2-4-8-16/h2-13H,14H2,1H3,(H2,22,24,25,26)/b23-15+. The monoisotopic (exact) mass is 373 g/mol. The molecule has 0 bridgehead atoms. The van der Waals surface area contributed by atoms with Crippen LogP contribution in [0.25, 0.3) is 10.8 Å². The summed E-state index contributed by atoms with van der Waals surface area (Å²) in [4.78, 5) is 4.42. The molecule has 0 unspecified atom stereocenters. The van der Waals surface area contributed by atoms with Crippen molar-refractivity contribution in [2.75, 3.05) is 5.43 Å². The Morgan fingerprint density at radius 1 is 1.00 bits per heavy atom. The third kappa shape index (κ3) is 4.35. The lowest BCUT2D eigenvalue weighted by Gasteiger charge is -2.03. The predicted molar refractivity (Wildman–Crippen MR) is 112 cm³/mol. The summed E-state index contributed by atoms with van der Waals surface area (Å²) in [6.45, 7) is 1.97. The number of thioether (sulfide) groups is 1. The molecule has 1 heterocycles. The van der Waals surface area contributed by atoms with Gasteiger partial charge in [-0.2, -0.15) is 10.1 Å². The molecule has 0 amide bonds. The Hall–Kier alpha value is -3.12. The quantitative estimate of drug-likeness (QED) is 0.281. The van der Waals surface area contributed by atoms with Crippen LogP contribution in [-0.2, 0) is 5.75 Å². The predicted octanol–water partition coefficient (Wildman–Crippen LogP) is 5.09. The highest BCUT2D eigenvalue weighted by atomic mass is 32.2. The molecule has 4 aromatic rings. The summed E-state index contributed by atoms with van der Waals surface area (Å²) in [6.07, 6.45) is 0. The third-order valence-corrected chi connectivity index (χ3v) is 5.09. The fourth-order valence-corrected chi connectivity index (χ4v) is 3.45. The summed E-state index contributed by atoms with van der Waals surface area (Å²) < 4.78 is 0. The Balaban J connectivity index is 1.40. The van der Waals surface area contributed by atoms with Crippen LogP contribution in [0, 0.1) is 0 Å². The fourth-order valence-electron chi connectivity index (χ4n) is 2.70. The summed E-state index contributed by atoms with van der Waals surface area (Å²) in [5.41, 5.74) is 6.15. The number of benzene rings is 3. The Morgan fingerprint density at radius 2 is 1.78 bits per heavy atom. The van der Waals surface area contributed by atoms with Crippen molar-refractivity contribution in [2.24, 2.45) is 5.10 Å². The molecule has 0 aliphatic carbocycles. The lowest BCUT2D eigenvalue weighted by Crippen LogP contribution is -2.00. The van der Waals surface area contributed by atoms with Gasteiger partial charge in [0.1, 0.15) is 0 Å². The summed E-state index contributed by atoms with van der Waals surface area (Å²) in [6, 6.07) is 24.9. The number of aromatic amines is 1. The van der Waals surface area contributed by atoms with Crippen molar-refractivity contribution in [3.8, 4) is 0 Å². The SMILES string of the molecule is C/C(=N\Nc1nc(SCc2ccccc2)n[nH]1)c1ccc2ccccc2c1. The van der Waals surface area contributed by atoms with Gasteiger partial charge in [0.2, 0.25) is 11.1 Å². The molecule has 0 aliphatic rings. The maximum atomic E-state index is 4.43. The molecular weight excluding hydrogens is 354 g/mol. The number of nitrogens with one attached hydrogen (secondary N) is 2. The van der Waals surface area contributed by atoms with E-state index in [1.54, 1.807) is 11.8 Å². The van der Waals surface area contributed by atoms with Crippen LogP contribution >= 0.6 is 11.8 Å². The minimum atomic E-state index is 0.533. The smallest absolute Gasteiger partial charge is 0.240 e. The molecule has 3 aromatic carbocycles. The zero-order valence-corrected chi connectivity index (χ0v) is 15.7. The lowest BCUT2D eigenvalue weighted by atomic mass is 10.0. The van der Waals surface area contributed by atoms with Crippen LogP contribution < -0.4 is 5.43 Å². The van der Waals surface area contributed by atoms with Gasteiger partial charge in [0.05, 0.1) is 5.71 Å². The van der Waals surface area contributed by atoms with E-state index < -0.39 is 0 Å². The minimum Gasteiger partial charge on any atom is -0.245 e. The van der Waals surface area contributed by atoms with Crippen molar-refractivity contribution in [1.29, 1.82) is 0 Å². The first-order valence-corrected chi connectivity index (χ1v) is 9.65. The maximum Gasteiger partial charge on any atom is 0.240 e. The highest BCUT2D eigenvalue weighted by Crippen LogP contribution is 2.20. The number of hydrogen-bond donors (Lipinski definition) is 2. The van der Waals surface area contributed by atoms with Gasteiger partial charge in [-0.25, -0.2) is 10.5 Å². The highest BCUT2D eigenvalue weighted by Gasteiger charge is 2.05. The topological polar surface area (TPSA) is 66.0 Å². The van der Waals surface area contributed by atoms with Gasteiger partial charge in [-0.1, -0.05) is 78.5 Å². The van der Waals surface area contributed by atoms with Crippen molar-refractivity contribution < 1.29 is 0 Å². The van der Waals surface area contributed by atoms with Gasteiger partial charge >= 0.3 is 0 Å². The van der Waals surface area contributed by atoms with Crippen LogP contribution in [0.4, 0.5) is 5.95 Å². The van der Waals surface area contributed by atoms with Gasteiger partial charge in [-0.15, -0.1) is 5.10 Å². The molecule has 0 fully saturated rings. The van der Waals surface area contributed by atoms with E-state index in [0.29, 0.717) is 11.1 Å². The van der Waals surface area contributed by atoms with E-state index in [-0.39, 0.29) is 0 Å². The van der Waals surface area contributed by atoms with Crippen LogP contribution in [0.2, 0.25) is 0 Å². The summed E-state index contributed by atoms with van der Waals surface area (Å²) >= 11 is 1.58. The Bertz CT molecular complexity index is 1070. The molecule has 4 rings (SSSR count). The number of rotatable bonds is 6.